The van der Waals surface area contributed by atoms with Gasteiger partial charge in [0.15, 0.2) is 0 Å². The summed E-state index contributed by atoms with van der Waals surface area (Å²) >= 11 is 0. The number of piperazine rings is 1. The van der Waals surface area contributed by atoms with E-state index in [-0.39, 0.29) is 17.8 Å². The number of carbonyl (C=O) groups excluding carboxylic acids is 1. The number of nitrogens with one attached hydrogen (secondary N) is 1. The van der Waals surface area contributed by atoms with Gasteiger partial charge in [-0.2, -0.15) is 5.10 Å². The SMILES string of the molecule is Cc1n[nH]c(C)c1CC(=O)N1CCN(c2ccccc2F)CC1C. The molecule has 0 aliphatic carbocycles. The molecule has 1 aliphatic heterocycles. The van der Waals surface area contributed by atoms with Gasteiger partial charge in [0.05, 0.1) is 17.8 Å². The molecule has 0 radical (unpaired) electrons. The lowest BCUT2D eigenvalue weighted by Gasteiger charge is -2.41. The Bertz CT molecular complexity index is 723. The summed E-state index contributed by atoms with van der Waals surface area (Å²) in [7, 11) is 0. The van der Waals surface area contributed by atoms with Crippen LogP contribution in [0.4, 0.5) is 10.1 Å². The van der Waals surface area contributed by atoms with E-state index in [0.29, 0.717) is 31.7 Å². The Labute approximate surface area is 141 Å². The molecule has 6 heteroatoms. The average molecular weight is 330 g/mol. The summed E-state index contributed by atoms with van der Waals surface area (Å²) in [5.74, 6) is -0.114. The van der Waals surface area contributed by atoms with Crippen LogP contribution in [0.3, 0.4) is 0 Å². The summed E-state index contributed by atoms with van der Waals surface area (Å²) in [6, 6.07) is 6.83. The molecule has 24 heavy (non-hydrogen) atoms. The second kappa shape index (κ2) is 6.63. The van der Waals surface area contributed by atoms with Crippen molar-refractivity contribution in [2.75, 3.05) is 24.5 Å². The first-order valence-electron chi connectivity index (χ1n) is 8.26. The van der Waals surface area contributed by atoms with Gasteiger partial charge >= 0.3 is 0 Å². The number of anilines is 1. The van der Waals surface area contributed by atoms with Crippen molar-refractivity contribution in [2.45, 2.75) is 33.2 Å². The van der Waals surface area contributed by atoms with Crippen LogP contribution in [0.1, 0.15) is 23.9 Å². The van der Waals surface area contributed by atoms with Gasteiger partial charge in [-0.15, -0.1) is 0 Å². The summed E-state index contributed by atoms with van der Waals surface area (Å²) in [5.41, 5.74) is 3.40. The molecule has 1 aliphatic rings. The van der Waals surface area contributed by atoms with E-state index in [9.17, 15) is 9.18 Å². The third kappa shape index (κ3) is 3.13. The topological polar surface area (TPSA) is 52.2 Å². The molecule has 1 amide bonds. The van der Waals surface area contributed by atoms with Crippen LogP contribution < -0.4 is 4.90 Å². The number of aromatic amines is 1. The molecule has 1 unspecified atom stereocenters. The highest BCUT2D eigenvalue weighted by Crippen LogP contribution is 2.23. The van der Waals surface area contributed by atoms with Crippen molar-refractivity contribution in [3.63, 3.8) is 0 Å². The Morgan fingerprint density at radius 3 is 2.71 bits per heavy atom. The van der Waals surface area contributed by atoms with Crippen molar-refractivity contribution in [1.82, 2.24) is 15.1 Å². The molecule has 1 saturated heterocycles. The van der Waals surface area contributed by atoms with Crippen LogP contribution >= 0.6 is 0 Å². The lowest BCUT2D eigenvalue weighted by Crippen LogP contribution is -2.54. The molecule has 3 rings (SSSR count). The average Bonchev–Trinajstić information content (AvgIpc) is 2.87. The van der Waals surface area contributed by atoms with E-state index in [1.165, 1.54) is 6.07 Å². The number of para-hydroxylation sites is 1. The third-order valence-corrected chi connectivity index (χ3v) is 4.75. The van der Waals surface area contributed by atoms with E-state index < -0.39 is 0 Å². The van der Waals surface area contributed by atoms with Gasteiger partial charge in [0.1, 0.15) is 5.82 Å². The molecule has 0 saturated carbocycles. The Morgan fingerprint density at radius 1 is 1.33 bits per heavy atom. The summed E-state index contributed by atoms with van der Waals surface area (Å²) in [4.78, 5) is 16.6. The number of halogens is 1. The fraction of sp³-hybridized carbons (Fsp3) is 0.444. The molecule has 1 aromatic carbocycles. The van der Waals surface area contributed by atoms with Gasteiger partial charge in [-0.25, -0.2) is 4.39 Å². The maximum absolute atomic E-state index is 14.0. The van der Waals surface area contributed by atoms with Gasteiger partial charge in [-0.05, 0) is 32.9 Å². The van der Waals surface area contributed by atoms with Crippen LogP contribution in [0.5, 0.6) is 0 Å². The smallest absolute Gasteiger partial charge is 0.227 e. The molecule has 2 heterocycles. The van der Waals surface area contributed by atoms with E-state index in [1.54, 1.807) is 12.1 Å². The molecule has 1 N–H and O–H groups in total. The number of amides is 1. The number of nitrogens with zero attached hydrogens (tertiary/aromatic N) is 3. The molecule has 0 spiro atoms. The largest absolute Gasteiger partial charge is 0.365 e. The lowest BCUT2D eigenvalue weighted by atomic mass is 10.1. The van der Waals surface area contributed by atoms with E-state index in [1.807, 2.05) is 36.6 Å². The number of carbonyl (C=O) groups is 1. The van der Waals surface area contributed by atoms with Gasteiger partial charge in [0.25, 0.3) is 0 Å². The number of H-pyrrole nitrogens is 1. The molecule has 2 aromatic rings. The number of aromatic nitrogens is 2. The van der Waals surface area contributed by atoms with Crippen LogP contribution in [-0.2, 0) is 11.2 Å². The molecule has 0 bridgehead atoms. The highest BCUT2D eigenvalue weighted by molar-refractivity contribution is 5.80. The first kappa shape index (κ1) is 16.5. The Hall–Kier alpha value is -2.37. The molecular formula is C18H23FN4O. The molecule has 5 nitrogen and oxygen atoms in total. The number of aryl methyl sites for hydroxylation is 2. The lowest BCUT2D eigenvalue weighted by molar-refractivity contribution is -0.132. The van der Waals surface area contributed by atoms with Crippen LogP contribution in [-0.4, -0.2) is 46.7 Å². The van der Waals surface area contributed by atoms with Crippen molar-refractivity contribution in [2.24, 2.45) is 0 Å². The molecule has 1 atom stereocenters. The highest BCUT2D eigenvalue weighted by Gasteiger charge is 2.29. The van der Waals surface area contributed by atoms with Gasteiger partial charge < -0.3 is 9.80 Å². The van der Waals surface area contributed by atoms with E-state index in [2.05, 4.69) is 10.2 Å². The summed E-state index contributed by atoms with van der Waals surface area (Å²) in [5, 5.41) is 7.07. The van der Waals surface area contributed by atoms with Crippen molar-refractivity contribution in [1.29, 1.82) is 0 Å². The zero-order valence-corrected chi connectivity index (χ0v) is 14.3. The Kier molecular flexibility index (Phi) is 4.55. The quantitative estimate of drug-likeness (QED) is 0.940. The van der Waals surface area contributed by atoms with Gasteiger partial charge in [-0.3, -0.25) is 9.89 Å². The van der Waals surface area contributed by atoms with Crippen LogP contribution in [0.15, 0.2) is 24.3 Å². The monoisotopic (exact) mass is 330 g/mol. The molecule has 128 valence electrons. The van der Waals surface area contributed by atoms with Gasteiger partial charge in [-0.1, -0.05) is 12.1 Å². The maximum atomic E-state index is 14.0. The number of benzene rings is 1. The summed E-state index contributed by atoms with van der Waals surface area (Å²) < 4.78 is 14.0. The summed E-state index contributed by atoms with van der Waals surface area (Å²) in [6.07, 6.45) is 0.359. The normalized spacial score (nSPS) is 18.1. The zero-order valence-electron chi connectivity index (χ0n) is 14.3. The summed E-state index contributed by atoms with van der Waals surface area (Å²) in [6.45, 7) is 7.73. The number of rotatable bonds is 3. The number of hydrogen-bond acceptors (Lipinski definition) is 3. The Morgan fingerprint density at radius 2 is 2.08 bits per heavy atom. The first-order chi connectivity index (χ1) is 11.5. The van der Waals surface area contributed by atoms with Crippen molar-refractivity contribution in [3.8, 4) is 0 Å². The molecule has 1 fully saturated rings. The minimum absolute atomic E-state index is 0.0402. The van der Waals surface area contributed by atoms with E-state index in [4.69, 9.17) is 0 Å². The first-order valence-corrected chi connectivity index (χ1v) is 8.26. The standard InChI is InChI=1S/C18H23FN4O/c1-12-11-22(17-7-5-4-6-16(17)19)8-9-23(12)18(24)10-15-13(2)20-21-14(15)3/h4-7,12H,8-11H2,1-3H3,(H,20,21). The van der Waals surface area contributed by atoms with E-state index in [0.717, 1.165) is 17.0 Å². The van der Waals surface area contributed by atoms with Crippen molar-refractivity contribution in [3.05, 3.63) is 47.0 Å². The second-order valence-corrected chi connectivity index (χ2v) is 6.42. The predicted octanol–water partition coefficient (Wildman–Crippen LogP) is 2.45. The molecule has 1 aromatic heterocycles. The Balaban J connectivity index is 1.68. The van der Waals surface area contributed by atoms with Crippen molar-refractivity contribution >= 4 is 11.6 Å². The fourth-order valence-electron chi connectivity index (χ4n) is 3.34. The van der Waals surface area contributed by atoms with Gasteiger partial charge in [0.2, 0.25) is 5.91 Å². The zero-order chi connectivity index (χ0) is 17.3. The van der Waals surface area contributed by atoms with Gasteiger partial charge in [0, 0.05) is 36.9 Å². The van der Waals surface area contributed by atoms with E-state index >= 15 is 0 Å². The van der Waals surface area contributed by atoms with Crippen LogP contribution in [0.2, 0.25) is 0 Å². The minimum atomic E-state index is -0.214. The third-order valence-electron chi connectivity index (χ3n) is 4.75. The number of hydrogen-bond donors (Lipinski definition) is 1. The fourth-order valence-corrected chi connectivity index (χ4v) is 3.34. The maximum Gasteiger partial charge on any atom is 0.227 e. The van der Waals surface area contributed by atoms with Crippen LogP contribution in [0, 0.1) is 19.7 Å². The molecular weight excluding hydrogens is 307 g/mol. The second-order valence-electron chi connectivity index (χ2n) is 6.42. The van der Waals surface area contributed by atoms with Crippen molar-refractivity contribution < 1.29 is 9.18 Å². The predicted molar refractivity (Wildman–Crippen MR) is 91.6 cm³/mol. The van der Waals surface area contributed by atoms with Crippen LogP contribution in [0.25, 0.3) is 0 Å². The highest BCUT2D eigenvalue weighted by atomic mass is 19.1. The minimum Gasteiger partial charge on any atom is -0.365 e.